The summed E-state index contributed by atoms with van der Waals surface area (Å²) in [4.78, 5) is 13.9. The van der Waals surface area contributed by atoms with Gasteiger partial charge in [0.05, 0.1) is 22.1 Å². The topological polar surface area (TPSA) is 29.3 Å². The monoisotopic (exact) mass is 1890 g/mol. The van der Waals surface area contributed by atoms with E-state index in [2.05, 4.69) is 616 Å². The van der Waals surface area contributed by atoms with Crippen LogP contribution in [0.15, 0.2) is 516 Å². The molecule has 0 radical (unpaired) electrons. The summed E-state index contributed by atoms with van der Waals surface area (Å²) in [6.07, 6.45) is 2.09. The van der Waals surface area contributed by atoms with Crippen LogP contribution in [0.1, 0.15) is 71.3 Å². The van der Waals surface area contributed by atoms with Crippen LogP contribution in [0.25, 0.3) is 77.2 Å². The average Bonchev–Trinajstić information content (AvgIpc) is 1.58. The molecule has 23 aromatic rings. The zero-order valence-electron chi connectivity index (χ0n) is 83.6. The molecule has 0 N–H and O–H groups in total. The molecule has 0 aliphatic heterocycles. The van der Waals surface area contributed by atoms with E-state index in [9.17, 15) is 0 Å². The lowest BCUT2D eigenvalue weighted by Crippen LogP contribution is -2.14. The summed E-state index contributed by atoms with van der Waals surface area (Å²) in [7, 11) is 0. The van der Waals surface area contributed by atoms with E-state index in [1.807, 2.05) is 0 Å². The minimum absolute atomic E-state index is 0. The lowest BCUT2D eigenvalue weighted by Gasteiger charge is -2.30. The van der Waals surface area contributed by atoms with Crippen LogP contribution in [-0.4, -0.2) is 9.13 Å². The molecule has 0 amide bonds. The van der Waals surface area contributed by atoms with E-state index >= 15 is 0 Å². The number of fused-ring (bicyclic) bond motifs is 6. The molecule has 0 fully saturated rings. The number of aromatic nitrogens is 2. The third kappa shape index (κ3) is 20.5. The molecule has 23 rings (SSSR count). The van der Waals surface area contributed by atoms with Crippen molar-refractivity contribution in [3.63, 3.8) is 0 Å². The first-order valence-corrected chi connectivity index (χ1v) is 50.3. The predicted molar refractivity (Wildman–Crippen MR) is 626 cm³/mol. The van der Waals surface area contributed by atoms with Crippen LogP contribution in [0.5, 0.6) is 0 Å². The molecule has 0 atom stereocenters. The molecule has 0 saturated heterocycles. The highest BCUT2D eigenvalue weighted by Gasteiger charge is 2.25. The molecule has 2 aromatic heterocycles. The van der Waals surface area contributed by atoms with E-state index in [0.29, 0.717) is 0 Å². The highest BCUT2D eigenvalue weighted by atomic mass is 15.2. The van der Waals surface area contributed by atoms with Crippen LogP contribution in [0, 0.1) is 48.5 Å². The number of hydrogen-bond donors (Lipinski definition) is 0. The first kappa shape index (κ1) is 95.6. The summed E-state index contributed by atoms with van der Waals surface area (Å²) in [5.74, 6) is 0. The lowest BCUT2D eigenvalue weighted by molar-refractivity contribution is 1.12. The van der Waals surface area contributed by atoms with Gasteiger partial charge in [-0.25, -0.2) is 0 Å². The van der Waals surface area contributed by atoms with E-state index in [4.69, 9.17) is 0 Å². The molecule has 8 nitrogen and oxygen atoms in total. The van der Waals surface area contributed by atoms with Gasteiger partial charge in [-0.15, -0.1) is 0 Å². The Kier molecular flexibility index (Phi) is 28.3. The largest absolute Gasteiger partial charge is 0.310 e. The normalized spacial score (nSPS) is 11.0. The van der Waals surface area contributed by atoms with Gasteiger partial charge in [0.2, 0.25) is 0 Å². The van der Waals surface area contributed by atoms with Crippen molar-refractivity contribution in [3.05, 3.63) is 566 Å². The van der Waals surface area contributed by atoms with Crippen LogP contribution in [0.4, 0.5) is 102 Å². The van der Waals surface area contributed by atoms with Crippen LogP contribution >= 0.6 is 0 Å². The molecular weight excluding hydrogens is 1770 g/mol. The van der Waals surface area contributed by atoms with Crippen LogP contribution in [0.3, 0.4) is 0 Å². The summed E-state index contributed by atoms with van der Waals surface area (Å²) in [6.45, 7) is 19.5. The molecular formula is C138H120N8. The van der Waals surface area contributed by atoms with E-state index in [1.165, 1.54) is 127 Å². The van der Waals surface area contributed by atoms with Gasteiger partial charge in [0.25, 0.3) is 0 Å². The maximum absolute atomic E-state index is 2.41. The third-order valence-corrected chi connectivity index (χ3v) is 27.4. The molecule has 712 valence electrons. The maximum Gasteiger partial charge on any atom is 0.0541 e. The molecule has 0 aliphatic rings. The molecule has 146 heavy (non-hydrogen) atoms. The van der Waals surface area contributed by atoms with Crippen molar-refractivity contribution >= 4 is 146 Å². The second kappa shape index (κ2) is 43.2. The van der Waals surface area contributed by atoms with Gasteiger partial charge in [0.15, 0.2) is 0 Å². The van der Waals surface area contributed by atoms with Crippen molar-refractivity contribution in [1.29, 1.82) is 0 Å². The van der Waals surface area contributed by atoms with Crippen molar-refractivity contribution in [2.75, 3.05) is 29.4 Å². The van der Waals surface area contributed by atoms with Crippen molar-refractivity contribution in [2.24, 2.45) is 0 Å². The predicted octanol–water partition coefficient (Wildman–Crippen LogP) is 39.3. The SMILES string of the molecule is C.CCc1ccc(-n2c3ccc(C)cc3c3cc(-c4ccc5c(c4)c4cc(C)ccc4n5-c4ccc(CC)cc4)ccc32)cc1.Cc1cccc(N(c2ccccc2)c2ccc(-c3ccc(N(c4ccccc4)c4cccc(C)c4)cc3)cc2)c1.Cc1cccc(N(c2ccccc2)c2ccc(N(c3ccc(N(c4ccccc4)c4cccc(C)c4)cc3)c3ccc(N(c4ccccc4)c4cccc(C)c4)cc3)cc2)c1. The molecule has 0 saturated carbocycles. The first-order chi connectivity index (χ1) is 71.1. The molecule has 0 unspecified atom stereocenters. The number of hydrogen-bond acceptors (Lipinski definition) is 6. The zero-order chi connectivity index (χ0) is 98.8. The molecule has 0 bridgehead atoms. The fourth-order valence-corrected chi connectivity index (χ4v) is 20.2. The Morgan fingerprint density at radius 1 is 0.151 bits per heavy atom. The van der Waals surface area contributed by atoms with E-state index < -0.39 is 0 Å². The number of nitrogens with zero attached hydrogens (tertiary/aromatic N) is 8. The summed E-state index contributed by atoms with van der Waals surface area (Å²) in [5, 5.41) is 5.17. The lowest BCUT2D eigenvalue weighted by atomic mass is 10.00. The van der Waals surface area contributed by atoms with Gasteiger partial charge in [0, 0.05) is 135 Å². The molecule has 21 aromatic carbocycles. The van der Waals surface area contributed by atoms with Crippen LogP contribution in [0.2, 0.25) is 0 Å². The fraction of sp³-hybridized carbons (Fsp3) is 0.0870. The number of rotatable bonds is 24. The smallest absolute Gasteiger partial charge is 0.0541 e. The molecule has 8 heteroatoms. The highest BCUT2D eigenvalue weighted by Crippen LogP contribution is 2.48. The number of para-hydroxylation sites is 5. The molecule has 0 aliphatic carbocycles. The fourth-order valence-electron chi connectivity index (χ4n) is 20.2. The van der Waals surface area contributed by atoms with Crippen LogP contribution in [-0.2, 0) is 12.8 Å². The van der Waals surface area contributed by atoms with Crippen molar-refractivity contribution < 1.29 is 0 Å². The van der Waals surface area contributed by atoms with Gasteiger partial charge < -0.3 is 38.5 Å². The summed E-state index contributed by atoms with van der Waals surface area (Å²) < 4.78 is 4.83. The minimum atomic E-state index is 0. The van der Waals surface area contributed by atoms with Crippen molar-refractivity contribution in [1.82, 2.24) is 9.13 Å². The minimum Gasteiger partial charge on any atom is -0.310 e. The Morgan fingerprint density at radius 2 is 0.329 bits per heavy atom. The van der Waals surface area contributed by atoms with Gasteiger partial charge in [-0.3, -0.25) is 0 Å². The van der Waals surface area contributed by atoms with Crippen molar-refractivity contribution in [2.45, 2.75) is 82.6 Å². The number of aryl methyl sites for hydroxylation is 9. The summed E-state index contributed by atoms with van der Waals surface area (Å²) in [6, 6.07) is 186. The number of benzene rings is 21. The summed E-state index contributed by atoms with van der Waals surface area (Å²) in [5.41, 5.74) is 43.6. The van der Waals surface area contributed by atoms with Gasteiger partial charge in [0.1, 0.15) is 0 Å². The van der Waals surface area contributed by atoms with Crippen LogP contribution < -0.4 is 29.4 Å². The van der Waals surface area contributed by atoms with E-state index in [-0.39, 0.29) is 7.43 Å². The van der Waals surface area contributed by atoms with E-state index in [0.717, 1.165) is 115 Å². The Bertz CT molecular complexity index is 7800. The Hall–Kier alpha value is -18.0. The van der Waals surface area contributed by atoms with Gasteiger partial charge in [-0.1, -0.05) is 257 Å². The Balaban J connectivity index is 0.000000136. The second-order valence-corrected chi connectivity index (χ2v) is 37.7. The Morgan fingerprint density at radius 3 is 0.548 bits per heavy atom. The second-order valence-electron chi connectivity index (χ2n) is 37.7. The average molecular weight is 1890 g/mol. The Labute approximate surface area is 860 Å². The standard InChI is InChI=1S/C57H48N4.C42H36N2.C38H32N2.CH4/c1-43-16-13-25-55(40-43)59(46-19-7-4-8-20-46)52-34-28-49(29-35-52)58(50-30-36-53(37-31-50)60(47-21-9-5-10-22-47)56-26-14-17-44(2)41-56)51-32-38-54(39-33-51)61(48-23-11-6-12-24-48)57-27-15-18-45(3)42-57;1-5-29-9-15-33(16-10-29)43-39-19-7-27(3)23-35(39)37-25-31(13-21-41(37)43)32-14-22-42-38(26-32)36-24-28(4)8-20-40(36)44(42)34-17-11-30(6-2)12-18-34;1-29-11-9-17-37(27-29)39(33-13-5-3-6-14-33)35-23-19-31(20-24-35)32-21-25-36(26-22-32)40(34-15-7-4-8-16-34)38-18-10-12-30(2)28-38;/h4-42H,1-3H3;7-26H,5-6H2,1-4H3;3-28H,1-2H3;1H4. The zero-order valence-corrected chi connectivity index (χ0v) is 83.6. The van der Waals surface area contributed by atoms with E-state index in [1.54, 1.807) is 0 Å². The van der Waals surface area contributed by atoms with Gasteiger partial charge in [-0.05, 0) is 414 Å². The first-order valence-electron chi connectivity index (χ1n) is 50.3. The van der Waals surface area contributed by atoms with Crippen molar-refractivity contribution in [3.8, 4) is 33.6 Å². The quantitative estimate of drug-likeness (QED) is 0.0599. The maximum atomic E-state index is 2.41. The molecule has 2 heterocycles. The third-order valence-electron chi connectivity index (χ3n) is 27.4. The highest BCUT2D eigenvalue weighted by molar-refractivity contribution is 6.13. The number of anilines is 18. The molecule has 0 spiro atoms. The van der Waals surface area contributed by atoms with Gasteiger partial charge in [-0.2, -0.15) is 0 Å². The van der Waals surface area contributed by atoms with Gasteiger partial charge >= 0.3 is 0 Å². The summed E-state index contributed by atoms with van der Waals surface area (Å²) >= 11 is 0.